The van der Waals surface area contributed by atoms with Crippen molar-refractivity contribution in [3.8, 4) is 0 Å². The van der Waals surface area contributed by atoms with Crippen molar-refractivity contribution in [1.82, 2.24) is 10.2 Å². The number of piperidine rings is 1. The van der Waals surface area contributed by atoms with Crippen LogP contribution in [0.3, 0.4) is 0 Å². The Morgan fingerprint density at radius 3 is 2.68 bits per heavy atom. The highest BCUT2D eigenvalue weighted by Crippen LogP contribution is 2.18. The molecule has 0 unspecified atom stereocenters. The van der Waals surface area contributed by atoms with Crippen LogP contribution in [-0.4, -0.2) is 30.6 Å². The molecule has 1 saturated heterocycles. The van der Waals surface area contributed by atoms with E-state index in [1.54, 1.807) is 12.1 Å². The van der Waals surface area contributed by atoms with E-state index in [0.29, 0.717) is 6.04 Å². The van der Waals surface area contributed by atoms with Crippen molar-refractivity contribution in [2.24, 2.45) is 5.92 Å². The molecule has 1 fully saturated rings. The van der Waals surface area contributed by atoms with Gasteiger partial charge >= 0.3 is 0 Å². The van der Waals surface area contributed by atoms with Gasteiger partial charge in [0.25, 0.3) is 0 Å². The summed E-state index contributed by atoms with van der Waals surface area (Å²) < 4.78 is 13.1. The number of benzene rings is 1. The zero-order valence-electron chi connectivity index (χ0n) is 12.0. The first-order chi connectivity index (χ1) is 9.13. The minimum absolute atomic E-state index is 0.131. The number of hydrogen-bond acceptors (Lipinski definition) is 2. The molecule has 0 aromatic heterocycles. The van der Waals surface area contributed by atoms with E-state index in [4.69, 9.17) is 0 Å². The van der Waals surface area contributed by atoms with E-state index in [-0.39, 0.29) is 5.82 Å². The van der Waals surface area contributed by atoms with Gasteiger partial charge < -0.3 is 5.32 Å². The standard InChI is InChI=1S/C16H25FN2/c1-13(2)18-11-14-6-8-19(9-7-14)12-15-4-3-5-16(17)10-15/h3-5,10,13-14,18H,6-9,11-12H2,1-2H3. The highest BCUT2D eigenvalue weighted by molar-refractivity contribution is 5.16. The van der Waals surface area contributed by atoms with Crippen molar-refractivity contribution in [2.45, 2.75) is 39.3 Å². The quantitative estimate of drug-likeness (QED) is 0.879. The molecule has 1 aromatic carbocycles. The van der Waals surface area contributed by atoms with E-state index in [9.17, 15) is 4.39 Å². The first-order valence-electron chi connectivity index (χ1n) is 7.33. The maximum absolute atomic E-state index is 13.1. The van der Waals surface area contributed by atoms with Gasteiger partial charge in [-0.25, -0.2) is 4.39 Å². The summed E-state index contributed by atoms with van der Waals surface area (Å²) in [6.07, 6.45) is 2.49. The molecule has 1 aliphatic rings. The summed E-state index contributed by atoms with van der Waals surface area (Å²) in [5, 5.41) is 3.52. The Hall–Kier alpha value is -0.930. The molecule has 1 heterocycles. The van der Waals surface area contributed by atoms with Crippen LogP contribution in [-0.2, 0) is 6.54 Å². The summed E-state index contributed by atoms with van der Waals surface area (Å²) in [6, 6.07) is 7.53. The van der Waals surface area contributed by atoms with Crippen LogP contribution in [0.25, 0.3) is 0 Å². The van der Waals surface area contributed by atoms with Gasteiger partial charge in [0.15, 0.2) is 0 Å². The number of hydrogen-bond donors (Lipinski definition) is 1. The molecular formula is C16H25FN2. The van der Waals surface area contributed by atoms with Gasteiger partial charge in [0.2, 0.25) is 0 Å². The highest BCUT2D eigenvalue weighted by atomic mass is 19.1. The Morgan fingerprint density at radius 2 is 2.05 bits per heavy atom. The first-order valence-corrected chi connectivity index (χ1v) is 7.33. The van der Waals surface area contributed by atoms with E-state index in [1.807, 2.05) is 6.07 Å². The lowest BCUT2D eigenvalue weighted by Crippen LogP contribution is -2.38. The van der Waals surface area contributed by atoms with Crippen LogP contribution in [0.5, 0.6) is 0 Å². The molecular weight excluding hydrogens is 239 g/mol. The van der Waals surface area contributed by atoms with Crippen LogP contribution in [0.1, 0.15) is 32.3 Å². The predicted molar refractivity (Wildman–Crippen MR) is 77.5 cm³/mol. The second-order valence-corrected chi connectivity index (χ2v) is 5.91. The van der Waals surface area contributed by atoms with Crippen LogP contribution < -0.4 is 5.32 Å². The first kappa shape index (κ1) is 14.5. The number of halogens is 1. The Morgan fingerprint density at radius 1 is 1.32 bits per heavy atom. The van der Waals surface area contributed by atoms with Crippen molar-refractivity contribution in [3.63, 3.8) is 0 Å². The third kappa shape index (κ3) is 4.92. The molecule has 3 heteroatoms. The molecule has 1 aromatic rings. The molecule has 2 nitrogen and oxygen atoms in total. The Balaban J connectivity index is 1.74. The van der Waals surface area contributed by atoms with Crippen molar-refractivity contribution < 1.29 is 4.39 Å². The SMILES string of the molecule is CC(C)NCC1CCN(Cc2cccc(F)c2)CC1. The Bertz CT molecular complexity index is 384. The van der Waals surface area contributed by atoms with E-state index >= 15 is 0 Å². The molecule has 0 saturated carbocycles. The summed E-state index contributed by atoms with van der Waals surface area (Å²) in [6.45, 7) is 8.65. The van der Waals surface area contributed by atoms with Crippen LogP contribution in [0.4, 0.5) is 4.39 Å². The van der Waals surface area contributed by atoms with Crippen molar-refractivity contribution in [3.05, 3.63) is 35.6 Å². The van der Waals surface area contributed by atoms with E-state index < -0.39 is 0 Å². The summed E-state index contributed by atoms with van der Waals surface area (Å²) in [5.74, 6) is 0.666. The van der Waals surface area contributed by atoms with Gasteiger partial charge in [0.05, 0.1) is 0 Å². The van der Waals surface area contributed by atoms with Gasteiger partial charge in [-0.2, -0.15) is 0 Å². The zero-order chi connectivity index (χ0) is 13.7. The van der Waals surface area contributed by atoms with Crippen LogP contribution >= 0.6 is 0 Å². The number of nitrogens with zero attached hydrogens (tertiary/aromatic N) is 1. The average Bonchev–Trinajstić information content (AvgIpc) is 2.38. The third-order valence-corrected chi connectivity index (χ3v) is 3.82. The van der Waals surface area contributed by atoms with Gasteiger partial charge in [0, 0.05) is 12.6 Å². The van der Waals surface area contributed by atoms with Crippen LogP contribution in [0.2, 0.25) is 0 Å². The molecule has 0 aliphatic carbocycles. The molecule has 0 radical (unpaired) electrons. The fourth-order valence-electron chi connectivity index (χ4n) is 2.64. The zero-order valence-corrected chi connectivity index (χ0v) is 12.0. The van der Waals surface area contributed by atoms with Crippen molar-refractivity contribution >= 4 is 0 Å². The van der Waals surface area contributed by atoms with Gasteiger partial charge in [-0.05, 0) is 56.1 Å². The van der Waals surface area contributed by atoms with Crippen molar-refractivity contribution in [2.75, 3.05) is 19.6 Å². The summed E-state index contributed by atoms with van der Waals surface area (Å²) >= 11 is 0. The second kappa shape index (κ2) is 7.01. The number of nitrogens with one attached hydrogen (secondary N) is 1. The maximum Gasteiger partial charge on any atom is 0.123 e. The largest absolute Gasteiger partial charge is 0.314 e. The molecule has 2 rings (SSSR count). The summed E-state index contributed by atoms with van der Waals surface area (Å²) in [7, 11) is 0. The second-order valence-electron chi connectivity index (χ2n) is 5.91. The van der Waals surface area contributed by atoms with E-state index in [0.717, 1.165) is 37.7 Å². The fourth-order valence-corrected chi connectivity index (χ4v) is 2.64. The number of likely N-dealkylation sites (tertiary alicyclic amines) is 1. The topological polar surface area (TPSA) is 15.3 Å². The van der Waals surface area contributed by atoms with Crippen molar-refractivity contribution in [1.29, 1.82) is 0 Å². The van der Waals surface area contributed by atoms with Gasteiger partial charge in [0.1, 0.15) is 5.82 Å². The monoisotopic (exact) mass is 264 g/mol. The third-order valence-electron chi connectivity index (χ3n) is 3.82. The molecule has 0 atom stereocenters. The van der Waals surface area contributed by atoms with E-state index in [2.05, 4.69) is 24.1 Å². The minimum atomic E-state index is -0.131. The Kier molecular flexibility index (Phi) is 5.34. The fraction of sp³-hybridized carbons (Fsp3) is 0.625. The number of rotatable bonds is 5. The lowest BCUT2D eigenvalue weighted by atomic mass is 9.96. The lowest BCUT2D eigenvalue weighted by Gasteiger charge is -2.32. The van der Waals surface area contributed by atoms with Gasteiger partial charge in [-0.3, -0.25) is 4.90 Å². The molecule has 1 aliphatic heterocycles. The van der Waals surface area contributed by atoms with Gasteiger partial charge in [-0.1, -0.05) is 26.0 Å². The molecule has 0 spiro atoms. The summed E-state index contributed by atoms with van der Waals surface area (Å²) in [5.41, 5.74) is 1.08. The molecule has 106 valence electrons. The summed E-state index contributed by atoms with van der Waals surface area (Å²) in [4.78, 5) is 2.43. The van der Waals surface area contributed by atoms with Crippen LogP contribution in [0.15, 0.2) is 24.3 Å². The maximum atomic E-state index is 13.1. The lowest BCUT2D eigenvalue weighted by molar-refractivity contribution is 0.174. The normalized spacial score (nSPS) is 18.1. The Labute approximate surface area is 116 Å². The average molecular weight is 264 g/mol. The van der Waals surface area contributed by atoms with Gasteiger partial charge in [-0.15, -0.1) is 0 Å². The molecule has 0 amide bonds. The predicted octanol–water partition coefficient (Wildman–Crippen LogP) is 3.04. The highest BCUT2D eigenvalue weighted by Gasteiger charge is 2.19. The smallest absolute Gasteiger partial charge is 0.123 e. The van der Waals surface area contributed by atoms with E-state index in [1.165, 1.54) is 18.9 Å². The molecule has 19 heavy (non-hydrogen) atoms. The molecule has 1 N–H and O–H groups in total. The van der Waals surface area contributed by atoms with Crippen LogP contribution in [0, 0.1) is 11.7 Å². The molecule has 0 bridgehead atoms. The minimum Gasteiger partial charge on any atom is -0.314 e.